The number of likely N-dealkylation sites (tertiary alicyclic amines) is 1. The first-order chi connectivity index (χ1) is 18.7. The Kier molecular flexibility index (Phi) is 7.07. The molecule has 11 heteroatoms. The van der Waals surface area contributed by atoms with Gasteiger partial charge in [-0.25, -0.2) is 18.2 Å². The third-order valence-electron chi connectivity index (χ3n) is 7.72. The Bertz CT molecular complexity index is 1450. The molecule has 2 amide bonds. The van der Waals surface area contributed by atoms with Gasteiger partial charge in [-0.3, -0.25) is 19.7 Å². The molecule has 0 spiro atoms. The quantitative estimate of drug-likeness (QED) is 0.348. The van der Waals surface area contributed by atoms with E-state index < -0.39 is 39.5 Å². The van der Waals surface area contributed by atoms with Crippen molar-refractivity contribution in [1.29, 1.82) is 0 Å². The second kappa shape index (κ2) is 10.5. The van der Waals surface area contributed by atoms with Crippen LogP contribution in [-0.2, 0) is 11.2 Å². The topological polar surface area (TPSA) is 105 Å². The van der Waals surface area contributed by atoms with Crippen molar-refractivity contribution in [3.63, 3.8) is 0 Å². The molecule has 0 bridgehead atoms. The lowest BCUT2D eigenvalue weighted by molar-refractivity contribution is -0.384. The number of hydrogen-bond acceptors (Lipinski definition) is 5. The van der Waals surface area contributed by atoms with E-state index in [-0.39, 0.29) is 35.0 Å². The number of aromatic nitrogens is 1. The molecule has 202 valence electrons. The van der Waals surface area contributed by atoms with Crippen LogP contribution in [0.15, 0.2) is 54.6 Å². The summed E-state index contributed by atoms with van der Waals surface area (Å²) in [7, 11) is 0. The van der Waals surface area contributed by atoms with Gasteiger partial charge in [0, 0.05) is 37.2 Å². The number of nitrogens with one attached hydrogen (secondary N) is 1. The van der Waals surface area contributed by atoms with E-state index in [0.717, 1.165) is 43.5 Å². The molecule has 2 heterocycles. The van der Waals surface area contributed by atoms with Crippen LogP contribution in [0.4, 0.5) is 18.9 Å². The number of fused-ring (bicyclic) bond motifs is 1. The highest BCUT2D eigenvalue weighted by Crippen LogP contribution is 2.48. The lowest BCUT2D eigenvalue weighted by atomic mass is 9.80. The average Bonchev–Trinajstić information content (AvgIpc) is 3.46. The van der Waals surface area contributed by atoms with E-state index in [9.17, 15) is 32.9 Å². The summed E-state index contributed by atoms with van der Waals surface area (Å²) in [5.41, 5.74) is -1.25. The molecule has 2 atom stereocenters. The monoisotopic (exact) mass is 538 g/mol. The molecule has 5 rings (SSSR count). The fourth-order valence-electron chi connectivity index (χ4n) is 5.78. The molecule has 1 N–H and O–H groups in total. The number of carbonyl (C=O) groups is 2. The largest absolute Gasteiger partial charge is 0.355 e. The maximum absolute atomic E-state index is 14.5. The number of carbonyl (C=O) groups excluding carboxylic acids is 2. The highest BCUT2D eigenvalue weighted by molar-refractivity contribution is 5.93. The number of non-ortho nitro benzene ring substituents is 1. The first-order valence-corrected chi connectivity index (χ1v) is 12.6. The maximum atomic E-state index is 14.5. The molecular formula is C28H25F3N4O4. The van der Waals surface area contributed by atoms with Gasteiger partial charge in [0.05, 0.1) is 16.9 Å². The standard InChI is InChI=1S/C28H25F3N4O4/c29-20-7-2-8-21(30)25(20)26-22(31)9-10-23(33-26)27(37)34-14-18-5-3-11-28(18,16-34)15-32-24(36)13-17-4-1-6-19(12-17)35(38)39/h1-2,4,6-10,12,18H,3,5,11,13-16H2,(H,32,36)/t18-,28-/m0/s1. The van der Waals surface area contributed by atoms with E-state index in [1.807, 2.05) is 0 Å². The van der Waals surface area contributed by atoms with Gasteiger partial charge in [0.2, 0.25) is 5.91 Å². The first kappa shape index (κ1) is 26.3. The van der Waals surface area contributed by atoms with Crippen LogP contribution in [-0.4, -0.2) is 46.3 Å². The van der Waals surface area contributed by atoms with Crippen molar-refractivity contribution in [2.75, 3.05) is 19.6 Å². The SMILES string of the molecule is O=C(Cc1cccc([N+](=O)[O-])c1)NC[C@]12CCC[C@H]1CN(C(=O)c1ccc(F)c(-c3c(F)cccc3F)n1)C2. The second-order valence-electron chi connectivity index (χ2n) is 10.1. The van der Waals surface area contributed by atoms with Crippen LogP contribution < -0.4 is 5.32 Å². The summed E-state index contributed by atoms with van der Waals surface area (Å²) in [5, 5.41) is 13.9. The Balaban J connectivity index is 1.29. The van der Waals surface area contributed by atoms with Crippen LogP contribution in [0.3, 0.4) is 0 Å². The number of nitro groups is 1. The highest BCUT2D eigenvalue weighted by atomic mass is 19.1. The van der Waals surface area contributed by atoms with Crippen molar-refractivity contribution >= 4 is 17.5 Å². The van der Waals surface area contributed by atoms with Gasteiger partial charge in [0.1, 0.15) is 28.8 Å². The molecule has 2 fully saturated rings. The van der Waals surface area contributed by atoms with Crippen LogP contribution in [0.1, 0.15) is 35.3 Å². The van der Waals surface area contributed by atoms with E-state index in [0.29, 0.717) is 25.2 Å². The number of nitro benzene ring substituents is 1. The van der Waals surface area contributed by atoms with Gasteiger partial charge in [-0.2, -0.15) is 0 Å². The normalized spacial score (nSPS) is 20.1. The van der Waals surface area contributed by atoms with Crippen molar-refractivity contribution < 1.29 is 27.7 Å². The highest BCUT2D eigenvalue weighted by Gasteiger charge is 2.50. The van der Waals surface area contributed by atoms with Crippen LogP contribution in [0.5, 0.6) is 0 Å². The van der Waals surface area contributed by atoms with Crippen LogP contribution in [0.2, 0.25) is 0 Å². The number of pyridine rings is 1. The molecule has 1 aliphatic carbocycles. The van der Waals surface area contributed by atoms with Gasteiger partial charge < -0.3 is 10.2 Å². The van der Waals surface area contributed by atoms with Crippen molar-refractivity contribution in [2.45, 2.75) is 25.7 Å². The number of nitrogens with zero attached hydrogens (tertiary/aromatic N) is 3. The number of hydrogen-bond donors (Lipinski definition) is 1. The van der Waals surface area contributed by atoms with E-state index in [2.05, 4.69) is 10.3 Å². The summed E-state index contributed by atoms with van der Waals surface area (Å²) in [6.45, 7) is 1.09. The average molecular weight is 539 g/mol. The molecule has 1 aromatic heterocycles. The Morgan fingerprint density at radius 3 is 2.56 bits per heavy atom. The van der Waals surface area contributed by atoms with Gasteiger partial charge in [-0.15, -0.1) is 0 Å². The van der Waals surface area contributed by atoms with E-state index in [1.165, 1.54) is 24.3 Å². The molecule has 1 aliphatic heterocycles. The summed E-state index contributed by atoms with van der Waals surface area (Å²) in [4.78, 5) is 42.1. The van der Waals surface area contributed by atoms with Gasteiger partial charge in [0.15, 0.2) is 0 Å². The number of halogens is 3. The Hall–Kier alpha value is -4.28. The summed E-state index contributed by atoms with van der Waals surface area (Å²) in [5.74, 6) is -3.55. The summed E-state index contributed by atoms with van der Waals surface area (Å²) >= 11 is 0. The molecule has 2 aliphatic rings. The fraction of sp³-hybridized carbons (Fsp3) is 0.321. The Morgan fingerprint density at radius 1 is 1.08 bits per heavy atom. The predicted octanol–water partition coefficient (Wildman–Crippen LogP) is 4.68. The molecule has 39 heavy (non-hydrogen) atoms. The molecule has 0 radical (unpaired) electrons. The van der Waals surface area contributed by atoms with Crippen LogP contribution in [0.25, 0.3) is 11.3 Å². The fourth-order valence-corrected chi connectivity index (χ4v) is 5.78. The number of amides is 2. The summed E-state index contributed by atoms with van der Waals surface area (Å²) in [6, 6.07) is 11.2. The molecule has 3 aromatic rings. The minimum absolute atomic E-state index is 0.0139. The summed E-state index contributed by atoms with van der Waals surface area (Å²) < 4.78 is 43.1. The van der Waals surface area contributed by atoms with Gasteiger partial charge in [-0.05, 0) is 48.6 Å². The van der Waals surface area contributed by atoms with Crippen LogP contribution >= 0.6 is 0 Å². The van der Waals surface area contributed by atoms with E-state index in [1.54, 1.807) is 11.0 Å². The molecule has 0 unspecified atom stereocenters. The van der Waals surface area contributed by atoms with Crippen molar-refractivity contribution in [2.24, 2.45) is 11.3 Å². The molecular weight excluding hydrogens is 513 g/mol. The van der Waals surface area contributed by atoms with E-state index in [4.69, 9.17) is 0 Å². The van der Waals surface area contributed by atoms with Gasteiger partial charge >= 0.3 is 0 Å². The Morgan fingerprint density at radius 2 is 1.82 bits per heavy atom. The van der Waals surface area contributed by atoms with Crippen molar-refractivity contribution in [3.05, 3.63) is 93.4 Å². The number of rotatable bonds is 7. The lowest BCUT2D eigenvalue weighted by Crippen LogP contribution is -2.42. The maximum Gasteiger partial charge on any atom is 0.272 e. The van der Waals surface area contributed by atoms with Crippen molar-refractivity contribution in [1.82, 2.24) is 15.2 Å². The minimum atomic E-state index is -0.985. The zero-order chi connectivity index (χ0) is 27.7. The molecule has 1 saturated heterocycles. The predicted molar refractivity (Wildman–Crippen MR) is 135 cm³/mol. The Labute approximate surface area is 222 Å². The zero-order valence-electron chi connectivity index (χ0n) is 20.8. The summed E-state index contributed by atoms with van der Waals surface area (Å²) in [6.07, 6.45) is 2.59. The zero-order valence-corrected chi connectivity index (χ0v) is 20.8. The third-order valence-corrected chi connectivity index (χ3v) is 7.72. The van der Waals surface area contributed by atoms with Crippen LogP contribution in [0, 0.1) is 38.9 Å². The van der Waals surface area contributed by atoms with Gasteiger partial charge in [-0.1, -0.05) is 24.6 Å². The smallest absolute Gasteiger partial charge is 0.272 e. The minimum Gasteiger partial charge on any atom is -0.355 e. The second-order valence-corrected chi connectivity index (χ2v) is 10.1. The number of benzene rings is 2. The van der Waals surface area contributed by atoms with E-state index >= 15 is 0 Å². The first-order valence-electron chi connectivity index (χ1n) is 12.6. The van der Waals surface area contributed by atoms with Crippen molar-refractivity contribution in [3.8, 4) is 11.3 Å². The lowest BCUT2D eigenvalue weighted by Gasteiger charge is -2.29. The molecule has 8 nitrogen and oxygen atoms in total. The molecule has 1 saturated carbocycles. The third kappa shape index (κ3) is 5.21. The van der Waals surface area contributed by atoms with Gasteiger partial charge in [0.25, 0.3) is 11.6 Å². The molecule has 2 aromatic carbocycles.